The van der Waals surface area contributed by atoms with Crippen LogP contribution in [-0.2, 0) is 22.2 Å². The summed E-state index contributed by atoms with van der Waals surface area (Å²) in [5, 5.41) is 11.4. The molecule has 128 valence electrons. The Balaban J connectivity index is 2.73. The molecule has 1 rings (SSSR count). The van der Waals surface area contributed by atoms with Crippen LogP contribution in [0.25, 0.3) is 0 Å². The highest BCUT2D eigenvalue weighted by atomic mass is 19.4. The number of aliphatic carboxylic acids is 1. The number of carboxylic acid groups (broad SMARTS) is 1. The van der Waals surface area contributed by atoms with Crippen molar-refractivity contribution in [1.29, 1.82) is 0 Å². The Bertz CT molecular complexity index is 558. The maximum absolute atomic E-state index is 12.7. The van der Waals surface area contributed by atoms with E-state index in [1.807, 2.05) is 0 Å². The van der Waals surface area contributed by atoms with Gasteiger partial charge in [-0.15, -0.1) is 0 Å². The number of halogens is 3. The molecule has 2 unspecified atom stereocenters. The molecule has 0 saturated heterocycles. The molecule has 0 aliphatic carbocycles. The standard InChI is InChI=1S/C16H20F3NO3/c1-3-5-13(15(22)23)20-14(21)10(2)8-11-6-4-7-12(9-11)16(17,18)19/h4,6-7,9-10,13H,3,5,8H2,1-2H3,(H,20,21)(H,22,23). The molecule has 0 aliphatic heterocycles. The zero-order valence-corrected chi connectivity index (χ0v) is 13.0. The van der Waals surface area contributed by atoms with Crippen molar-refractivity contribution in [3.05, 3.63) is 35.4 Å². The minimum Gasteiger partial charge on any atom is -0.480 e. The summed E-state index contributed by atoms with van der Waals surface area (Å²) >= 11 is 0. The summed E-state index contributed by atoms with van der Waals surface area (Å²) in [6, 6.07) is 3.80. The Morgan fingerprint density at radius 2 is 1.96 bits per heavy atom. The topological polar surface area (TPSA) is 66.4 Å². The van der Waals surface area contributed by atoms with Crippen molar-refractivity contribution in [3.63, 3.8) is 0 Å². The van der Waals surface area contributed by atoms with Crippen LogP contribution in [0.15, 0.2) is 24.3 Å². The maximum Gasteiger partial charge on any atom is 0.416 e. The van der Waals surface area contributed by atoms with Gasteiger partial charge in [0.05, 0.1) is 5.56 Å². The fourth-order valence-electron chi connectivity index (χ4n) is 2.18. The number of carbonyl (C=O) groups is 2. The second-order valence-corrected chi connectivity index (χ2v) is 5.49. The van der Waals surface area contributed by atoms with Gasteiger partial charge in [-0.25, -0.2) is 4.79 Å². The lowest BCUT2D eigenvalue weighted by Crippen LogP contribution is -2.43. The number of carboxylic acids is 1. The third-order valence-electron chi connectivity index (χ3n) is 3.44. The summed E-state index contributed by atoms with van der Waals surface area (Å²) < 4.78 is 38.0. The molecule has 2 N–H and O–H groups in total. The lowest BCUT2D eigenvalue weighted by atomic mass is 9.98. The van der Waals surface area contributed by atoms with Crippen LogP contribution in [-0.4, -0.2) is 23.0 Å². The van der Waals surface area contributed by atoms with Gasteiger partial charge in [-0.3, -0.25) is 4.79 Å². The van der Waals surface area contributed by atoms with Gasteiger partial charge in [0.2, 0.25) is 5.91 Å². The number of rotatable bonds is 7. The Morgan fingerprint density at radius 1 is 1.30 bits per heavy atom. The third-order valence-corrected chi connectivity index (χ3v) is 3.44. The predicted octanol–water partition coefficient (Wildman–Crippen LogP) is 3.25. The number of benzene rings is 1. The van der Waals surface area contributed by atoms with E-state index in [1.54, 1.807) is 13.8 Å². The van der Waals surface area contributed by atoms with E-state index in [0.717, 1.165) is 12.1 Å². The van der Waals surface area contributed by atoms with E-state index in [1.165, 1.54) is 12.1 Å². The number of hydrogen-bond donors (Lipinski definition) is 2. The fraction of sp³-hybridized carbons (Fsp3) is 0.500. The number of carbonyl (C=O) groups excluding carboxylic acids is 1. The molecule has 1 aromatic rings. The third kappa shape index (κ3) is 5.92. The van der Waals surface area contributed by atoms with E-state index in [0.29, 0.717) is 18.4 Å². The van der Waals surface area contributed by atoms with Crippen molar-refractivity contribution < 1.29 is 27.9 Å². The molecule has 0 bridgehead atoms. The number of amides is 1. The number of nitrogens with one attached hydrogen (secondary N) is 1. The lowest BCUT2D eigenvalue weighted by molar-refractivity contribution is -0.142. The van der Waals surface area contributed by atoms with Gasteiger partial charge in [0.25, 0.3) is 0 Å². The highest BCUT2D eigenvalue weighted by Crippen LogP contribution is 2.30. The normalized spacial score (nSPS) is 14.1. The van der Waals surface area contributed by atoms with Gasteiger partial charge >= 0.3 is 12.1 Å². The van der Waals surface area contributed by atoms with E-state index in [2.05, 4.69) is 5.32 Å². The van der Waals surface area contributed by atoms with Crippen LogP contribution in [0.1, 0.15) is 37.8 Å². The first kappa shape index (κ1) is 19.0. The lowest BCUT2D eigenvalue weighted by Gasteiger charge is -2.18. The molecule has 1 aromatic carbocycles. The van der Waals surface area contributed by atoms with Gasteiger partial charge < -0.3 is 10.4 Å². The molecule has 4 nitrogen and oxygen atoms in total. The quantitative estimate of drug-likeness (QED) is 0.806. The van der Waals surface area contributed by atoms with Gasteiger partial charge in [-0.2, -0.15) is 13.2 Å². The summed E-state index contributed by atoms with van der Waals surface area (Å²) in [5.41, 5.74) is -0.387. The molecular formula is C16H20F3NO3. The van der Waals surface area contributed by atoms with Crippen LogP contribution >= 0.6 is 0 Å². The molecule has 0 saturated carbocycles. The molecule has 0 spiro atoms. The Morgan fingerprint density at radius 3 is 2.48 bits per heavy atom. The maximum atomic E-state index is 12.7. The molecule has 0 aliphatic rings. The molecular weight excluding hydrogens is 311 g/mol. The first-order valence-electron chi connectivity index (χ1n) is 7.34. The zero-order chi connectivity index (χ0) is 17.6. The van der Waals surface area contributed by atoms with Crippen molar-refractivity contribution in [1.82, 2.24) is 5.32 Å². The van der Waals surface area contributed by atoms with Crippen molar-refractivity contribution in [2.75, 3.05) is 0 Å². The van der Waals surface area contributed by atoms with Gasteiger partial charge in [0.15, 0.2) is 0 Å². The summed E-state index contributed by atoms with van der Waals surface area (Å²) in [7, 11) is 0. The second kappa shape index (κ2) is 7.99. The van der Waals surface area contributed by atoms with Crippen molar-refractivity contribution >= 4 is 11.9 Å². The second-order valence-electron chi connectivity index (χ2n) is 5.49. The summed E-state index contributed by atoms with van der Waals surface area (Å²) in [4.78, 5) is 23.0. The minimum absolute atomic E-state index is 0.105. The Labute approximate surface area is 132 Å². The Hall–Kier alpha value is -2.05. The molecule has 0 fully saturated rings. The van der Waals surface area contributed by atoms with E-state index >= 15 is 0 Å². The molecule has 7 heteroatoms. The molecule has 1 amide bonds. The van der Waals surface area contributed by atoms with Crippen LogP contribution in [0.5, 0.6) is 0 Å². The van der Waals surface area contributed by atoms with E-state index in [-0.39, 0.29) is 6.42 Å². The van der Waals surface area contributed by atoms with Crippen LogP contribution in [0.4, 0.5) is 13.2 Å². The smallest absolute Gasteiger partial charge is 0.416 e. The van der Waals surface area contributed by atoms with E-state index < -0.39 is 35.6 Å². The van der Waals surface area contributed by atoms with Crippen molar-refractivity contribution in [2.45, 2.75) is 45.3 Å². The number of alkyl halides is 3. The number of hydrogen-bond acceptors (Lipinski definition) is 2. The average molecular weight is 331 g/mol. The largest absolute Gasteiger partial charge is 0.480 e. The van der Waals surface area contributed by atoms with Gasteiger partial charge in [0.1, 0.15) is 6.04 Å². The first-order valence-corrected chi connectivity index (χ1v) is 7.34. The van der Waals surface area contributed by atoms with Crippen LogP contribution in [0.2, 0.25) is 0 Å². The van der Waals surface area contributed by atoms with Gasteiger partial charge in [-0.1, -0.05) is 38.5 Å². The first-order chi connectivity index (χ1) is 10.6. The molecule has 0 heterocycles. The van der Waals surface area contributed by atoms with E-state index in [4.69, 9.17) is 5.11 Å². The van der Waals surface area contributed by atoms with Gasteiger partial charge in [-0.05, 0) is 24.5 Å². The summed E-state index contributed by atoms with van der Waals surface area (Å²) in [6.45, 7) is 3.36. The average Bonchev–Trinajstić information content (AvgIpc) is 2.45. The van der Waals surface area contributed by atoms with Crippen LogP contribution in [0, 0.1) is 5.92 Å². The SMILES string of the molecule is CCCC(NC(=O)C(C)Cc1cccc(C(F)(F)F)c1)C(=O)O. The molecule has 23 heavy (non-hydrogen) atoms. The van der Waals surface area contributed by atoms with Crippen LogP contribution in [0.3, 0.4) is 0 Å². The van der Waals surface area contributed by atoms with Crippen LogP contribution < -0.4 is 5.32 Å². The molecule has 0 aromatic heterocycles. The Kier molecular flexibility index (Phi) is 6.60. The fourth-order valence-corrected chi connectivity index (χ4v) is 2.18. The summed E-state index contributed by atoms with van der Waals surface area (Å²) in [5.74, 6) is -2.23. The zero-order valence-electron chi connectivity index (χ0n) is 13.0. The minimum atomic E-state index is -4.43. The van der Waals surface area contributed by atoms with Gasteiger partial charge in [0, 0.05) is 5.92 Å². The monoisotopic (exact) mass is 331 g/mol. The highest BCUT2D eigenvalue weighted by Gasteiger charge is 2.30. The molecule has 0 radical (unpaired) electrons. The predicted molar refractivity (Wildman–Crippen MR) is 78.8 cm³/mol. The van der Waals surface area contributed by atoms with Crippen molar-refractivity contribution in [2.24, 2.45) is 5.92 Å². The summed E-state index contributed by atoms with van der Waals surface area (Å²) in [6.07, 6.45) is -3.43. The van der Waals surface area contributed by atoms with E-state index in [9.17, 15) is 22.8 Å². The van der Waals surface area contributed by atoms with Crippen molar-refractivity contribution in [3.8, 4) is 0 Å². The highest BCUT2D eigenvalue weighted by molar-refractivity contribution is 5.84. The molecule has 2 atom stereocenters.